The van der Waals surface area contributed by atoms with Crippen LogP contribution < -0.4 is 0 Å². The number of hydrogen-bond donors (Lipinski definition) is 1. The van der Waals surface area contributed by atoms with E-state index in [-0.39, 0.29) is 5.60 Å². The molecule has 1 N–H and O–H groups in total. The van der Waals surface area contributed by atoms with Gasteiger partial charge >= 0.3 is 0 Å². The van der Waals surface area contributed by atoms with Gasteiger partial charge in [0.25, 0.3) is 0 Å². The first-order valence-corrected chi connectivity index (χ1v) is 7.87. The van der Waals surface area contributed by atoms with Gasteiger partial charge in [-0.15, -0.1) is 0 Å². The molecule has 2 saturated carbocycles. The molecule has 2 aliphatic carbocycles. The van der Waals surface area contributed by atoms with Crippen molar-refractivity contribution in [1.82, 2.24) is 0 Å². The average molecular weight is 258 g/mol. The zero-order valence-electron chi connectivity index (χ0n) is 12.2. The first kappa shape index (κ1) is 13.2. The van der Waals surface area contributed by atoms with Crippen LogP contribution in [-0.2, 0) is 0 Å². The van der Waals surface area contributed by atoms with E-state index in [0.717, 1.165) is 24.7 Å². The van der Waals surface area contributed by atoms with E-state index in [1.807, 2.05) is 0 Å². The van der Waals surface area contributed by atoms with Gasteiger partial charge in [0.05, 0.1) is 5.60 Å². The summed E-state index contributed by atoms with van der Waals surface area (Å²) in [6, 6.07) is 10.7. The Balaban J connectivity index is 1.62. The summed E-state index contributed by atoms with van der Waals surface area (Å²) >= 11 is 0. The first-order valence-electron chi connectivity index (χ1n) is 7.87. The van der Waals surface area contributed by atoms with Crippen molar-refractivity contribution < 1.29 is 5.11 Å². The average Bonchev–Trinajstić information content (AvgIpc) is 3.21. The number of rotatable bonds is 3. The summed E-state index contributed by atoms with van der Waals surface area (Å²) in [5.74, 6) is 2.73. The van der Waals surface area contributed by atoms with E-state index >= 15 is 0 Å². The Kier molecular flexibility index (Phi) is 3.42. The topological polar surface area (TPSA) is 20.2 Å². The zero-order chi connectivity index (χ0) is 13.5. The third-order valence-electron chi connectivity index (χ3n) is 5.55. The van der Waals surface area contributed by atoms with Crippen molar-refractivity contribution in [3.8, 4) is 0 Å². The van der Waals surface area contributed by atoms with Crippen LogP contribution in [-0.4, -0.2) is 10.7 Å². The predicted molar refractivity (Wildman–Crippen MR) is 79.0 cm³/mol. The minimum absolute atomic E-state index is 0.369. The van der Waals surface area contributed by atoms with Gasteiger partial charge in [-0.2, -0.15) is 0 Å². The van der Waals surface area contributed by atoms with Crippen molar-refractivity contribution >= 4 is 0 Å². The Morgan fingerprint density at radius 2 is 1.74 bits per heavy atom. The molecule has 1 heteroatoms. The number of hydrogen-bond acceptors (Lipinski definition) is 1. The highest BCUT2D eigenvalue weighted by Gasteiger charge is 2.53. The summed E-state index contributed by atoms with van der Waals surface area (Å²) in [4.78, 5) is 0. The maximum atomic E-state index is 10.9. The molecule has 0 radical (unpaired) electrons. The fraction of sp³-hybridized carbons (Fsp3) is 0.667. The van der Waals surface area contributed by atoms with E-state index in [0.29, 0.717) is 11.8 Å². The maximum Gasteiger partial charge on any atom is 0.0682 e. The molecule has 0 bridgehead atoms. The molecule has 0 heterocycles. The van der Waals surface area contributed by atoms with Gasteiger partial charge in [0.2, 0.25) is 0 Å². The Bertz CT molecular complexity index is 415. The van der Waals surface area contributed by atoms with Crippen molar-refractivity contribution in [3.63, 3.8) is 0 Å². The minimum atomic E-state index is -0.369. The molecule has 2 aliphatic rings. The van der Waals surface area contributed by atoms with Gasteiger partial charge in [0, 0.05) is 0 Å². The molecular formula is C18H26O. The second-order valence-electron chi connectivity index (χ2n) is 7.04. The lowest BCUT2D eigenvalue weighted by atomic mass is 9.72. The van der Waals surface area contributed by atoms with E-state index in [1.165, 1.54) is 24.8 Å². The van der Waals surface area contributed by atoms with Crippen LogP contribution in [0.2, 0.25) is 0 Å². The molecule has 0 amide bonds. The lowest BCUT2D eigenvalue weighted by Gasteiger charge is -2.38. The SMILES string of the molecule is CC(C)C1CCC(O)(C2CC2c2ccccc2)CC1. The van der Waals surface area contributed by atoms with Crippen molar-refractivity contribution in [2.75, 3.05) is 0 Å². The van der Waals surface area contributed by atoms with Crippen molar-refractivity contribution in [3.05, 3.63) is 35.9 Å². The summed E-state index contributed by atoms with van der Waals surface area (Å²) in [6.45, 7) is 4.64. The monoisotopic (exact) mass is 258 g/mol. The highest BCUT2D eigenvalue weighted by atomic mass is 16.3. The third kappa shape index (κ3) is 2.58. The largest absolute Gasteiger partial charge is 0.390 e. The Labute approximate surface area is 117 Å². The molecule has 0 aliphatic heterocycles. The Morgan fingerprint density at radius 3 is 2.32 bits per heavy atom. The highest BCUT2D eigenvalue weighted by molar-refractivity contribution is 5.27. The van der Waals surface area contributed by atoms with E-state index in [4.69, 9.17) is 0 Å². The van der Waals surface area contributed by atoms with Gasteiger partial charge in [-0.3, -0.25) is 0 Å². The molecule has 0 spiro atoms. The zero-order valence-corrected chi connectivity index (χ0v) is 12.2. The maximum absolute atomic E-state index is 10.9. The Morgan fingerprint density at radius 1 is 1.11 bits per heavy atom. The molecule has 0 aromatic heterocycles. The van der Waals surface area contributed by atoms with Crippen LogP contribution in [0.15, 0.2) is 30.3 Å². The van der Waals surface area contributed by atoms with Gasteiger partial charge in [0.1, 0.15) is 0 Å². The van der Waals surface area contributed by atoms with Crippen LogP contribution in [0.4, 0.5) is 0 Å². The summed E-state index contributed by atoms with van der Waals surface area (Å²) in [5, 5.41) is 10.9. The van der Waals surface area contributed by atoms with Gasteiger partial charge in [-0.05, 0) is 61.3 Å². The van der Waals surface area contributed by atoms with Gasteiger partial charge < -0.3 is 5.11 Å². The van der Waals surface area contributed by atoms with Crippen molar-refractivity contribution in [2.24, 2.45) is 17.8 Å². The van der Waals surface area contributed by atoms with Crippen LogP contribution in [0, 0.1) is 17.8 Å². The van der Waals surface area contributed by atoms with Gasteiger partial charge in [-0.25, -0.2) is 0 Å². The van der Waals surface area contributed by atoms with E-state index in [1.54, 1.807) is 0 Å². The molecule has 2 atom stereocenters. The van der Waals surface area contributed by atoms with Crippen molar-refractivity contribution in [2.45, 2.75) is 57.5 Å². The smallest absolute Gasteiger partial charge is 0.0682 e. The van der Waals surface area contributed by atoms with Crippen LogP contribution in [0.3, 0.4) is 0 Å². The molecule has 19 heavy (non-hydrogen) atoms. The molecule has 1 aromatic rings. The molecule has 1 nitrogen and oxygen atoms in total. The molecule has 2 fully saturated rings. The van der Waals surface area contributed by atoms with Crippen LogP contribution in [0.1, 0.15) is 57.4 Å². The Hall–Kier alpha value is -0.820. The second-order valence-corrected chi connectivity index (χ2v) is 7.04. The van der Waals surface area contributed by atoms with Crippen LogP contribution >= 0.6 is 0 Å². The molecule has 3 rings (SSSR count). The first-order chi connectivity index (χ1) is 9.10. The fourth-order valence-electron chi connectivity index (χ4n) is 4.03. The lowest BCUT2D eigenvalue weighted by Crippen LogP contribution is -2.37. The van der Waals surface area contributed by atoms with Crippen LogP contribution in [0.25, 0.3) is 0 Å². The van der Waals surface area contributed by atoms with E-state index in [2.05, 4.69) is 44.2 Å². The standard InChI is InChI=1S/C18H26O/c1-13(2)14-8-10-18(19,11-9-14)17-12-16(17)15-6-4-3-5-7-15/h3-7,13-14,16-17,19H,8-12H2,1-2H3. The molecule has 2 unspecified atom stereocenters. The molecule has 1 aromatic carbocycles. The number of benzene rings is 1. The van der Waals surface area contributed by atoms with Crippen LogP contribution in [0.5, 0.6) is 0 Å². The predicted octanol–water partition coefficient (Wildman–Crippen LogP) is 4.37. The quantitative estimate of drug-likeness (QED) is 0.853. The van der Waals surface area contributed by atoms with Gasteiger partial charge in [-0.1, -0.05) is 44.2 Å². The normalized spacial score (nSPS) is 38.4. The highest BCUT2D eigenvalue weighted by Crippen LogP contribution is 2.57. The van der Waals surface area contributed by atoms with Crippen molar-refractivity contribution in [1.29, 1.82) is 0 Å². The summed E-state index contributed by atoms with van der Waals surface area (Å²) in [6.07, 6.45) is 5.65. The van der Waals surface area contributed by atoms with E-state index in [9.17, 15) is 5.11 Å². The summed E-state index contributed by atoms with van der Waals surface area (Å²) < 4.78 is 0. The fourth-order valence-corrected chi connectivity index (χ4v) is 4.03. The summed E-state index contributed by atoms with van der Waals surface area (Å²) in [7, 11) is 0. The third-order valence-corrected chi connectivity index (χ3v) is 5.55. The van der Waals surface area contributed by atoms with Gasteiger partial charge in [0.15, 0.2) is 0 Å². The molecular weight excluding hydrogens is 232 g/mol. The molecule has 104 valence electrons. The number of aliphatic hydroxyl groups is 1. The molecule has 0 saturated heterocycles. The minimum Gasteiger partial charge on any atom is -0.390 e. The summed E-state index contributed by atoms with van der Waals surface area (Å²) in [5.41, 5.74) is 1.05. The second kappa shape index (κ2) is 4.94. The lowest BCUT2D eigenvalue weighted by molar-refractivity contribution is -0.0355. The van der Waals surface area contributed by atoms with E-state index < -0.39 is 0 Å².